The Balaban J connectivity index is 1.76. The molecular weight excluding hydrogens is 280 g/mol. The zero-order valence-electron chi connectivity index (χ0n) is 12.7. The molecular formula is C15H20N6O. The lowest BCUT2D eigenvalue weighted by Gasteiger charge is -2.34. The molecule has 2 aromatic rings. The normalized spacial score (nSPS) is 16.0. The number of piperazine rings is 1. The van der Waals surface area contributed by atoms with E-state index < -0.39 is 0 Å². The second-order valence-electron chi connectivity index (χ2n) is 5.35. The molecule has 1 aliphatic rings. The van der Waals surface area contributed by atoms with Crippen LogP contribution in [0.25, 0.3) is 5.82 Å². The van der Waals surface area contributed by atoms with Crippen molar-refractivity contribution in [2.45, 2.75) is 13.3 Å². The number of aromatic nitrogens is 4. The van der Waals surface area contributed by atoms with E-state index in [0.29, 0.717) is 11.4 Å². The lowest BCUT2D eigenvalue weighted by Crippen LogP contribution is -2.49. The lowest BCUT2D eigenvalue weighted by atomic mass is 10.2. The highest BCUT2D eigenvalue weighted by Gasteiger charge is 2.24. The lowest BCUT2D eigenvalue weighted by molar-refractivity contribution is 0.0637. The van der Waals surface area contributed by atoms with Gasteiger partial charge in [-0.25, -0.2) is 14.6 Å². The van der Waals surface area contributed by atoms with Crippen LogP contribution in [0.3, 0.4) is 0 Å². The Kier molecular flexibility index (Phi) is 4.43. The van der Waals surface area contributed by atoms with Crippen molar-refractivity contribution in [3.8, 4) is 5.82 Å². The average molecular weight is 300 g/mol. The molecule has 0 aromatic carbocycles. The van der Waals surface area contributed by atoms with Crippen LogP contribution in [0.4, 0.5) is 0 Å². The highest BCUT2D eigenvalue weighted by Crippen LogP contribution is 2.14. The van der Waals surface area contributed by atoms with Gasteiger partial charge >= 0.3 is 0 Å². The third kappa shape index (κ3) is 2.99. The van der Waals surface area contributed by atoms with Gasteiger partial charge in [0.15, 0.2) is 5.82 Å². The number of hydrogen-bond acceptors (Lipinski definition) is 5. The molecule has 0 radical (unpaired) electrons. The molecule has 1 saturated heterocycles. The monoisotopic (exact) mass is 300 g/mol. The first-order chi connectivity index (χ1) is 10.8. The van der Waals surface area contributed by atoms with Crippen molar-refractivity contribution in [2.24, 2.45) is 0 Å². The molecule has 0 N–H and O–H groups in total. The largest absolute Gasteiger partial charge is 0.336 e. The minimum atomic E-state index is 0.00903. The molecule has 22 heavy (non-hydrogen) atoms. The molecule has 0 unspecified atom stereocenters. The van der Waals surface area contributed by atoms with Gasteiger partial charge in [0.2, 0.25) is 0 Å². The number of nitrogens with zero attached hydrogens (tertiary/aromatic N) is 6. The summed E-state index contributed by atoms with van der Waals surface area (Å²) in [7, 11) is 0. The second-order valence-corrected chi connectivity index (χ2v) is 5.35. The summed E-state index contributed by atoms with van der Waals surface area (Å²) < 4.78 is 1.53. The smallest absolute Gasteiger partial charge is 0.257 e. The fourth-order valence-corrected chi connectivity index (χ4v) is 2.73. The van der Waals surface area contributed by atoms with E-state index in [9.17, 15) is 4.79 Å². The third-order valence-corrected chi connectivity index (χ3v) is 3.85. The number of amides is 1. The quantitative estimate of drug-likeness (QED) is 0.836. The Labute approximate surface area is 129 Å². The Hall–Kier alpha value is -2.28. The van der Waals surface area contributed by atoms with E-state index in [1.165, 1.54) is 11.0 Å². The summed E-state index contributed by atoms with van der Waals surface area (Å²) in [5.74, 6) is 0.538. The van der Waals surface area contributed by atoms with E-state index in [-0.39, 0.29) is 5.91 Å². The highest BCUT2D eigenvalue weighted by atomic mass is 16.2. The van der Waals surface area contributed by atoms with Crippen LogP contribution in [0.2, 0.25) is 0 Å². The predicted octanol–water partition coefficient (Wildman–Crippen LogP) is 0.830. The summed E-state index contributed by atoms with van der Waals surface area (Å²) in [6.07, 6.45) is 5.80. The average Bonchev–Trinajstić information content (AvgIpc) is 3.10. The van der Waals surface area contributed by atoms with Crippen molar-refractivity contribution >= 4 is 5.91 Å². The van der Waals surface area contributed by atoms with Crippen LogP contribution < -0.4 is 0 Å². The van der Waals surface area contributed by atoms with Gasteiger partial charge < -0.3 is 4.90 Å². The first-order valence-corrected chi connectivity index (χ1v) is 7.61. The van der Waals surface area contributed by atoms with E-state index in [4.69, 9.17) is 0 Å². The number of hydrogen-bond donors (Lipinski definition) is 0. The molecule has 2 aromatic heterocycles. The maximum Gasteiger partial charge on any atom is 0.257 e. The molecule has 0 saturated carbocycles. The maximum atomic E-state index is 12.8. The van der Waals surface area contributed by atoms with E-state index >= 15 is 0 Å². The molecule has 7 nitrogen and oxygen atoms in total. The van der Waals surface area contributed by atoms with Crippen LogP contribution in [0.1, 0.15) is 23.7 Å². The van der Waals surface area contributed by atoms with Gasteiger partial charge in [0.05, 0.1) is 5.56 Å². The van der Waals surface area contributed by atoms with Gasteiger partial charge in [-0.15, -0.1) is 0 Å². The molecule has 1 fully saturated rings. The van der Waals surface area contributed by atoms with Crippen molar-refractivity contribution in [3.05, 3.63) is 36.5 Å². The molecule has 0 spiro atoms. The fraction of sp³-hybridized carbons (Fsp3) is 0.467. The Bertz CT molecular complexity index is 619. The van der Waals surface area contributed by atoms with Crippen molar-refractivity contribution < 1.29 is 4.79 Å². The van der Waals surface area contributed by atoms with Gasteiger partial charge in [-0.1, -0.05) is 6.92 Å². The molecule has 7 heteroatoms. The van der Waals surface area contributed by atoms with Crippen molar-refractivity contribution in [2.75, 3.05) is 32.7 Å². The fourth-order valence-electron chi connectivity index (χ4n) is 2.73. The topological polar surface area (TPSA) is 67.2 Å². The van der Waals surface area contributed by atoms with Gasteiger partial charge in [-0.05, 0) is 25.1 Å². The maximum absolute atomic E-state index is 12.8. The molecule has 3 heterocycles. The van der Waals surface area contributed by atoms with Crippen LogP contribution in [0.5, 0.6) is 0 Å². The van der Waals surface area contributed by atoms with Crippen LogP contribution in [0.15, 0.2) is 31.0 Å². The van der Waals surface area contributed by atoms with Crippen LogP contribution in [0, 0.1) is 0 Å². The van der Waals surface area contributed by atoms with Crippen LogP contribution >= 0.6 is 0 Å². The van der Waals surface area contributed by atoms with E-state index in [1.807, 2.05) is 4.90 Å². The number of rotatable bonds is 4. The van der Waals surface area contributed by atoms with E-state index in [2.05, 4.69) is 26.9 Å². The zero-order chi connectivity index (χ0) is 15.4. The minimum absolute atomic E-state index is 0.00903. The van der Waals surface area contributed by atoms with E-state index in [0.717, 1.165) is 39.1 Å². The molecule has 1 aliphatic heterocycles. The van der Waals surface area contributed by atoms with Crippen molar-refractivity contribution in [3.63, 3.8) is 0 Å². The van der Waals surface area contributed by atoms with Crippen LogP contribution in [-0.2, 0) is 0 Å². The molecule has 0 aliphatic carbocycles. The molecule has 0 atom stereocenters. The number of carbonyl (C=O) groups excluding carboxylic acids is 1. The molecule has 0 bridgehead atoms. The van der Waals surface area contributed by atoms with Crippen molar-refractivity contribution in [1.82, 2.24) is 29.5 Å². The minimum Gasteiger partial charge on any atom is -0.336 e. The van der Waals surface area contributed by atoms with Gasteiger partial charge in [-0.2, -0.15) is 5.10 Å². The van der Waals surface area contributed by atoms with Crippen LogP contribution in [-0.4, -0.2) is 68.2 Å². The van der Waals surface area contributed by atoms with Crippen molar-refractivity contribution in [1.29, 1.82) is 0 Å². The zero-order valence-corrected chi connectivity index (χ0v) is 12.7. The predicted molar refractivity (Wildman–Crippen MR) is 81.8 cm³/mol. The first-order valence-electron chi connectivity index (χ1n) is 7.61. The summed E-state index contributed by atoms with van der Waals surface area (Å²) >= 11 is 0. The molecule has 1 amide bonds. The SMILES string of the molecule is CCCN1CCN(C(=O)c2cccnc2-n2cncn2)CC1. The summed E-state index contributed by atoms with van der Waals surface area (Å²) in [5.41, 5.74) is 0.567. The Morgan fingerprint density at radius 1 is 1.27 bits per heavy atom. The third-order valence-electron chi connectivity index (χ3n) is 3.85. The molecule has 3 rings (SSSR count). The Morgan fingerprint density at radius 3 is 2.77 bits per heavy atom. The summed E-state index contributed by atoms with van der Waals surface area (Å²) in [6, 6.07) is 3.58. The Morgan fingerprint density at radius 2 is 2.09 bits per heavy atom. The highest BCUT2D eigenvalue weighted by molar-refractivity contribution is 5.97. The molecule has 116 valence electrons. The summed E-state index contributed by atoms with van der Waals surface area (Å²) in [4.78, 5) is 25.3. The second kappa shape index (κ2) is 6.65. The summed E-state index contributed by atoms with van der Waals surface area (Å²) in [5, 5.41) is 4.08. The van der Waals surface area contributed by atoms with Gasteiger partial charge in [0, 0.05) is 32.4 Å². The van der Waals surface area contributed by atoms with Gasteiger partial charge in [0.25, 0.3) is 5.91 Å². The van der Waals surface area contributed by atoms with Gasteiger partial charge in [0.1, 0.15) is 12.7 Å². The van der Waals surface area contributed by atoms with Gasteiger partial charge in [-0.3, -0.25) is 9.69 Å². The standard InChI is InChI=1S/C15H20N6O/c1-2-6-19-7-9-20(10-8-19)15(22)13-4-3-5-17-14(13)21-12-16-11-18-21/h3-5,11-12H,2,6-10H2,1H3. The first kappa shape index (κ1) is 14.6. The number of carbonyl (C=O) groups is 1. The number of pyridine rings is 1. The summed E-state index contributed by atoms with van der Waals surface area (Å²) in [6.45, 7) is 6.64. The van der Waals surface area contributed by atoms with E-state index in [1.54, 1.807) is 24.7 Å².